The molecule has 0 aliphatic carbocycles. The van der Waals surface area contributed by atoms with Gasteiger partial charge in [-0.2, -0.15) is 0 Å². The van der Waals surface area contributed by atoms with Crippen LogP contribution in [-0.2, 0) is 17.9 Å². The second-order valence-electron chi connectivity index (χ2n) is 8.80. The molecule has 2 heterocycles. The fourth-order valence-corrected chi connectivity index (χ4v) is 3.85. The Morgan fingerprint density at radius 1 is 1.10 bits per heavy atom. The Bertz CT molecular complexity index is 900. The summed E-state index contributed by atoms with van der Waals surface area (Å²) in [6.07, 6.45) is 1.46. The van der Waals surface area contributed by atoms with E-state index in [1.165, 1.54) is 17.4 Å². The third-order valence-corrected chi connectivity index (χ3v) is 6.13. The minimum Gasteiger partial charge on any atom is -0.447 e. The monoisotopic (exact) mass is 426 g/mol. The standard InChI is InChI=1S/C24H34N4O3/c1-17(2)19(4)28(14-21-8-6-7-18(3)13-21)15-23-25-22(16-31-23)24(30)27-11-9-26(10-12-27)20(5)29/h6-8,13,16-17,19H,9-12,14-15H2,1-5H3. The number of piperazine rings is 1. The van der Waals surface area contributed by atoms with Crippen molar-refractivity contribution >= 4 is 11.8 Å². The van der Waals surface area contributed by atoms with Crippen LogP contribution in [0.1, 0.15) is 55.2 Å². The zero-order valence-corrected chi connectivity index (χ0v) is 19.3. The Hall–Kier alpha value is -2.67. The largest absolute Gasteiger partial charge is 0.447 e. The predicted molar refractivity (Wildman–Crippen MR) is 119 cm³/mol. The molecule has 1 unspecified atom stereocenters. The lowest BCUT2D eigenvalue weighted by molar-refractivity contribution is -0.130. The van der Waals surface area contributed by atoms with E-state index in [4.69, 9.17) is 4.42 Å². The van der Waals surface area contributed by atoms with E-state index in [0.717, 1.165) is 6.54 Å². The molecule has 1 aromatic carbocycles. The van der Waals surface area contributed by atoms with Crippen LogP contribution in [0.5, 0.6) is 0 Å². The molecule has 0 bridgehead atoms. The van der Waals surface area contributed by atoms with Gasteiger partial charge in [0.1, 0.15) is 6.26 Å². The van der Waals surface area contributed by atoms with Crippen LogP contribution in [0.3, 0.4) is 0 Å². The minimum atomic E-state index is -0.139. The maximum Gasteiger partial charge on any atom is 0.275 e. The first-order valence-electron chi connectivity index (χ1n) is 11.0. The molecular formula is C24H34N4O3. The summed E-state index contributed by atoms with van der Waals surface area (Å²) in [5.74, 6) is 0.924. The lowest BCUT2D eigenvalue weighted by Crippen LogP contribution is -2.50. The van der Waals surface area contributed by atoms with Gasteiger partial charge in [-0.3, -0.25) is 14.5 Å². The van der Waals surface area contributed by atoms with Crippen molar-refractivity contribution in [3.05, 3.63) is 53.2 Å². The molecule has 0 saturated carbocycles. The van der Waals surface area contributed by atoms with Gasteiger partial charge in [-0.25, -0.2) is 4.98 Å². The van der Waals surface area contributed by atoms with Gasteiger partial charge >= 0.3 is 0 Å². The molecule has 1 saturated heterocycles. The Labute approximate surface area is 185 Å². The molecule has 3 rings (SSSR count). The van der Waals surface area contributed by atoms with Crippen LogP contribution in [0.4, 0.5) is 0 Å². The summed E-state index contributed by atoms with van der Waals surface area (Å²) in [6, 6.07) is 8.84. The fraction of sp³-hybridized carbons (Fsp3) is 0.542. The van der Waals surface area contributed by atoms with E-state index in [9.17, 15) is 9.59 Å². The van der Waals surface area contributed by atoms with Gasteiger partial charge in [0.2, 0.25) is 11.8 Å². The number of aryl methyl sites for hydroxylation is 1. The average Bonchev–Trinajstić information content (AvgIpc) is 3.20. The van der Waals surface area contributed by atoms with Crippen molar-refractivity contribution in [3.63, 3.8) is 0 Å². The summed E-state index contributed by atoms with van der Waals surface area (Å²) in [6.45, 7) is 13.8. The van der Waals surface area contributed by atoms with Crippen molar-refractivity contribution in [1.29, 1.82) is 0 Å². The molecule has 7 heteroatoms. The highest BCUT2D eigenvalue weighted by atomic mass is 16.3. The van der Waals surface area contributed by atoms with Gasteiger partial charge in [0.15, 0.2) is 5.69 Å². The van der Waals surface area contributed by atoms with Crippen LogP contribution in [0.2, 0.25) is 0 Å². The Morgan fingerprint density at radius 3 is 2.39 bits per heavy atom. The summed E-state index contributed by atoms with van der Waals surface area (Å²) in [5, 5.41) is 0. The quantitative estimate of drug-likeness (QED) is 0.679. The Balaban J connectivity index is 1.67. The normalized spacial score (nSPS) is 15.6. The first-order valence-corrected chi connectivity index (χ1v) is 11.0. The zero-order valence-electron chi connectivity index (χ0n) is 19.3. The number of amides is 2. The van der Waals surface area contributed by atoms with Gasteiger partial charge in [-0.1, -0.05) is 43.7 Å². The number of benzene rings is 1. The molecule has 1 atom stereocenters. The minimum absolute atomic E-state index is 0.0452. The van der Waals surface area contributed by atoms with E-state index >= 15 is 0 Å². The molecule has 2 amide bonds. The lowest BCUT2D eigenvalue weighted by Gasteiger charge is -2.33. The highest BCUT2D eigenvalue weighted by Crippen LogP contribution is 2.19. The van der Waals surface area contributed by atoms with Crippen LogP contribution in [0.15, 0.2) is 34.9 Å². The van der Waals surface area contributed by atoms with Crippen molar-refractivity contribution in [3.8, 4) is 0 Å². The molecule has 2 aromatic rings. The molecule has 168 valence electrons. The second kappa shape index (κ2) is 10.1. The Morgan fingerprint density at radius 2 is 1.77 bits per heavy atom. The van der Waals surface area contributed by atoms with Gasteiger partial charge < -0.3 is 14.2 Å². The Kier molecular flexibility index (Phi) is 7.49. The van der Waals surface area contributed by atoms with Gasteiger partial charge in [-0.15, -0.1) is 0 Å². The fourth-order valence-electron chi connectivity index (χ4n) is 3.85. The number of hydrogen-bond donors (Lipinski definition) is 0. The molecule has 0 N–H and O–H groups in total. The third-order valence-electron chi connectivity index (χ3n) is 6.13. The average molecular weight is 427 g/mol. The maximum atomic E-state index is 12.8. The summed E-state index contributed by atoms with van der Waals surface area (Å²) >= 11 is 0. The number of aromatic nitrogens is 1. The molecule has 0 radical (unpaired) electrons. The predicted octanol–water partition coefficient (Wildman–Crippen LogP) is 3.33. The molecule has 31 heavy (non-hydrogen) atoms. The first kappa shape index (κ1) is 23.0. The summed E-state index contributed by atoms with van der Waals surface area (Å²) in [4.78, 5) is 34.7. The van der Waals surface area contributed by atoms with Gasteiger partial charge in [0.25, 0.3) is 5.91 Å². The summed E-state index contributed by atoms with van der Waals surface area (Å²) < 4.78 is 5.69. The first-order chi connectivity index (χ1) is 14.7. The van der Waals surface area contributed by atoms with E-state index in [-0.39, 0.29) is 11.8 Å². The topological polar surface area (TPSA) is 69.9 Å². The van der Waals surface area contributed by atoms with Crippen LogP contribution in [-0.4, -0.2) is 63.7 Å². The number of carbonyl (C=O) groups excluding carboxylic acids is 2. The molecule has 1 fully saturated rings. The van der Waals surface area contributed by atoms with E-state index in [0.29, 0.717) is 56.3 Å². The van der Waals surface area contributed by atoms with Crippen LogP contribution < -0.4 is 0 Å². The van der Waals surface area contributed by atoms with Gasteiger partial charge in [0.05, 0.1) is 6.54 Å². The van der Waals surface area contributed by atoms with Crippen LogP contribution in [0.25, 0.3) is 0 Å². The number of hydrogen-bond acceptors (Lipinski definition) is 5. The molecule has 1 aliphatic rings. The summed E-state index contributed by atoms with van der Waals surface area (Å²) in [7, 11) is 0. The molecule has 1 aliphatic heterocycles. The highest BCUT2D eigenvalue weighted by molar-refractivity contribution is 5.92. The number of rotatable bonds is 7. The highest BCUT2D eigenvalue weighted by Gasteiger charge is 2.26. The van der Waals surface area contributed by atoms with E-state index in [2.05, 4.69) is 61.8 Å². The maximum absolute atomic E-state index is 12.8. The summed E-state index contributed by atoms with van der Waals surface area (Å²) in [5.41, 5.74) is 2.82. The SMILES string of the molecule is CC(=O)N1CCN(C(=O)c2coc(CN(Cc3cccc(C)c3)C(C)C(C)C)n2)CC1. The van der Waals surface area contributed by atoms with E-state index in [1.807, 2.05) is 0 Å². The van der Waals surface area contributed by atoms with E-state index in [1.54, 1.807) is 16.7 Å². The smallest absolute Gasteiger partial charge is 0.275 e. The third kappa shape index (κ3) is 5.94. The van der Waals surface area contributed by atoms with Crippen molar-refractivity contribution in [2.24, 2.45) is 5.92 Å². The van der Waals surface area contributed by atoms with Crippen molar-refractivity contribution in [1.82, 2.24) is 19.7 Å². The van der Waals surface area contributed by atoms with Crippen molar-refractivity contribution in [2.75, 3.05) is 26.2 Å². The second-order valence-corrected chi connectivity index (χ2v) is 8.80. The van der Waals surface area contributed by atoms with Crippen molar-refractivity contribution in [2.45, 2.75) is 53.8 Å². The molecule has 1 aromatic heterocycles. The van der Waals surface area contributed by atoms with Crippen molar-refractivity contribution < 1.29 is 14.0 Å². The zero-order chi connectivity index (χ0) is 22.5. The molecule has 0 spiro atoms. The number of nitrogens with zero attached hydrogens (tertiary/aromatic N) is 4. The molecule has 7 nitrogen and oxygen atoms in total. The number of oxazole rings is 1. The van der Waals surface area contributed by atoms with Crippen LogP contribution >= 0.6 is 0 Å². The lowest BCUT2D eigenvalue weighted by atomic mass is 10.0. The van der Waals surface area contributed by atoms with Gasteiger partial charge in [-0.05, 0) is 25.3 Å². The van der Waals surface area contributed by atoms with Gasteiger partial charge in [0, 0.05) is 45.7 Å². The van der Waals surface area contributed by atoms with E-state index < -0.39 is 0 Å². The molecular weight excluding hydrogens is 392 g/mol. The number of carbonyl (C=O) groups is 2. The van der Waals surface area contributed by atoms with Crippen LogP contribution in [0, 0.1) is 12.8 Å².